The molecule has 1 aromatic carbocycles. The number of hydrogen-bond acceptors (Lipinski definition) is 3. The van der Waals surface area contributed by atoms with E-state index < -0.39 is 5.60 Å². The topological polar surface area (TPSA) is 32.8 Å². The van der Waals surface area contributed by atoms with Crippen LogP contribution in [-0.2, 0) is 11.3 Å². The minimum atomic E-state index is -0.448. The maximum atomic E-state index is 12.2. The van der Waals surface area contributed by atoms with E-state index in [1.807, 2.05) is 26.8 Å². The van der Waals surface area contributed by atoms with Crippen molar-refractivity contribution in [3.63, 3.8) is 0 Å². The van der Waals surface area contributed by atoms with Crippen LogP contribution in [0.2, 0.25) is 0 Å². The van der Waals surface area contributed by atoms with Crippen LogP contribution in [0.15, 0.2) is 42.5 Å². The molecule has 1 spiro atoms. The number of hydrogen-bond donors (Lipinski definition) is 0. The number of likely N-dealkylation sites (tertiary alicyclic amines) is 2. The molecule has 3 rings (SSSR count). The van der Waals surface area contributed by atoms with Crippen LogP contribution in [-0.4, -0.2) is 46.7 Å². The number of benzene rings is 1. The van der Waals surface area contributed by atoms with Gasteiger partial charge in [-0.2, -0.15) is 0 Å². The SMILES string of the molecule is C=C1CCN(Cc2ccccc2)C12CN(C(=O)OC(C)(C)C)C2. The molecule has 2 fully saturated rings. The van der Waals surface area contributed by atoms with Gasteiger partial charge in [-0.15, -0.1) is 0 Å². The molecule has 0 N–H and O–H groups in total. The Morgan fingerprint density at radius 2 is 1.91 bits per heavy atom. The Hall–Kier alpha value is -1.81. The Balaban J connectivity index is 1.66. The van der Waals surface area contributed by atoms with Crippen molar-refractivity contribution in [1.29, 1.82) is 0 Å². The van der Waals surface area contributed by atoms with Gasteiger partial charge in [-0.25, -0.2) is 4.79 Å². The Labute approximate surface area is 138 Å². The third-order valence-electron chi connectivity index (χ3n) is 4.72. The van der Waals surface area contributed by atoms with E-state index in [1.54, 1.807) is 4.90 Å². The van der Waals surface area contributed by atoms with Crippen molar-refractivity contribution in [2.45, 2.75) is 44.9 Å². The Kier molecular flexibility index (Phi) is 3.96. The van der Waals surface area contributed by atoms with Crippen LogP contribution in [0.5, 0.6) is 0 Å². The molecular formula is C19H26N2O2. The minimum Gasteiger partial charge on any atom is -0.444 e. The van der Waals surface area contributed by atoms with E-state index >= 15 is 0 Å². The fraction of sp³-hybridized carbons (Fsp3) is 0.526. The minimum absolute atomic E-state index is 0.0628. The molecule has 0 bridgehead atoms. The molecule has 4 nitrogen and oxygen atoms in total. The lowest BCUT2D eigenvalue weighted by Gasteiger charge is -2.53. The molecule has 0 aromatic heterocycles. The van der Waals surface area contributed by atoms with Crippen molar-refractivity contribution < 1.29 is 9.53 Å². The Morgan fingerprint density at radius 1 is 1.26 bits per heavy atom. The molecule has 0 unspecified atom stereocenters. The number of carbonyl (C=O) groups is 1. The van der Waals surface area contributed by atoms with E-state index in [9.17, 15) is 4.79 Å². The molecule has 1 amide bonds. The highest BCUT2D eigenvalue weighted by Crippen LogP contribution is 2.42. The summed E-state index contributed by atoms with van der Waals surface area (Å²) in [6.45, 7) is 13.3. The van der Waals surface area contributed by atoms with Gasteiger partial charge >= 0.3 is 6.09 Å². The second kappa shape index (κ2) is 5.68. The second-order valence-electron chi connectivity index (χ2n) is 7.63. The van der Waals surface area contributed by atoms with Gasteiger partial charge in [0.1, 0.15) is 5.60 Å². The van der Waals surface area contributed by atoms with Gasteiger partial charge in [0.2, 0.25) is 0 Å². The van der Waals surface area contributed by atoms with Crippen LogP contribution < -0.4 is 0 Å². The molecule has 0 saturated carbocycles. The molecular weight excluding hydrogens is 288 g/mol. The summed E-state index contributed by atoms with van der Waals surface area (Å²) in [6.07, 6.45) is 0.789. The first-order valence-corrected chi connectivity index (χ1v) is 8.25. The highest BCUT2D eigenvalue weighted by Gasteiger charge is 2.54. The third kappa shape index (κ3) is 3.13. The van der Waals surface area contributed by atoms with Crippen molar-refractivity contribution in [1.82, 2.24) is 9.80 Å². The van der Waals surface area contributed by atoms with Gasteiger partial charge in [-0.3, -0.25) is 4.90 Å². The van der Waals surface area contributed by atoms with Gasteiger partial charge in [-0.1, -0.05) is 42.5 Å². The maximum absolute atomic E-state index is 12.2. The van der Waals surface area contributed by atoms with Crippen LogP contribution in [0.3, 0.4) is 0 Å². The second-order valence-corrected chi connectivity index (χ2v) is 7.63. The summed E-state index contributed by atoms with van der Waals surface area (Å²) in [4.78, 5) is 16.5. The van der Waals surface area contributed by atoms with Crippen LogP contribution in [0, 0.1) is 0 Å². The summed E-state index contributed by atoms with van der Waals surface area (Å²) in [5.74, 6) is 0. The zero-order valence-corrected chi connectivity index (χ0v) is 14.3. The van der Waals surface area contributed by atoms with Crippen molar-refractivity contribution in [3.8, 4) is 0 Å². The predicted molar refractivity (Wildman–Crippen MR) is 91.1 cm³/mol. The maximum Gasteiger partial charge on any atom is 0.410 e. The summed E-state index contributed by atoms with van der Waals surface area (Å²) in [5.41, 5.74) is 2.04. The lowest BCUT2D eigenvalue weighted by Crippen LogP contribution is -2.69. The zero-order chi connectivity index (χ0) is 16.7. The van der Waals surface area contributed by atoms with Gasteiger partial charge in [0.15, 0.2) is 0 Å². The lowest BCUT2D eigenvalue weighted by atomic mass is 9.83. The first kappa shape index (κ1) is 16.1. The molecule has 23 heavy (non-hydrogen) atoms. The number of nitrogens with zero attached hydrogens (tertiary/aromatic N) is 2. The quantitative estimate of drug-likeness (QED) is 0.784. The van der Waals surface area contributed by atoms with Gasteiger partial charge in [-0.05, 0) is 32.8 Å². The first-order chi connectivity index (χ1) is 10.8. The summed E-state index contributed by atoms with van der Waals surface area (Å²) >= 11 is 0. The molecule has 2 heterocycles. The zero-order valence-electron chi connectivity index (χ0n) is 14.3. The fourth-order valence-corrected chi connectivity index (χ4v) is 3.44. The van der Waals surface area contributed by atoms with E-state index in [0.717, 1.165) is 19.5 Å². The number of amides is 1. The van der Waals surface area contributed by atoms with Gasteiger partial charge < -0.3 is 9.64 Å². The van der Waals surface area contributed by atoms with Gasteiger partial charge in [0.25, 0.3) is 0 Å². The Morgan fingerprint density at radius 3 is 2.52 bits per heavy atom. The highest BCUT2D eigenvalue weighted by atomic mass is 16.6. The summed E-state index contributed by atoms with van der Waals surface area (Å²) in [5, 5.41) is 0. The normalized spacial score (nSPS) is 20.7. The van der Waals surface area contributed by atoms with E-state index in [0.29, 0.717) is 13.1 Å². The average Bonchev–Trinajstić information content (AvgIpc) is 2.73. The van der Waals surface area contributed by atoms with Crippen LogP contribution >= 0.6 is 0 Å². The molecule has 0 aliphatic carbocycles. The van der Waals surface area contributed by atoms with Crippen LogP contribution in [0.4, 0.5) is 4.79 Å². The number of rotatable bonds is 2. The summed E-state index contributed by atoms with van der Waals surface area (Å²) < 4.78 is 5.47. The van der Waals surface area contributed by atoms with Crippen molar-refractivity contribution in [3.05, 3.63) is 48.0 Å². The molecule has 0 radical (unpaired) electrons. The smallest absolute Gasteiger partial charge is 0.410 e. The molecule has 2 saturated heterocycles. The number of ether oxygens (including phenoxy) is 1. The predicted octanol–water partition coefficient (Wildman–Crippen LogP) is 3.44. The first-order valence-electron chi connectivity index (χ1n) is 8.25. The van der Waals surface area contributed by atoms with E-state index in [4.69, 9.17) is 4.74 Å². The van der Waals surface area contributed by atoms with E-state index in [1.165, 1.54) is 11.1 Å². The highest BCUT2D eigenvalue weighted by molar-refractivity contribution is 5.70. The summed E-state index contributed by atoms with van der Waals surface area (Å²) in [7, 11) is 0. The largest absolute Gasteiger partial charge is 0.444 e. The molecule has 2 aliphatic heterocycles. The molecule has 1 aromatic rings. The van der Waals surface area contributed by atoms with Crippen molar-refractivity contribution >= 4 is 6.09 Å². The average molecular weight is 314 g/mol. The monoisotopic (exact) mass is 314 g/mol. The molecule has 2 aliphatic rings. The van der Waals surface area contributed by atoms with Crippen molar-refractivity contribution in [2.75, 3.05) is 19.6 Å². The molecule has 0 atom stereocenters. The Bertz CT molecular complexity index is 598. The van der Waals surface area contributed by atoms with E-state index in [2.05, 4.69) is 35.7 Å². The van der Waals surface area contributed by atoms with Crippen LogP contribution in [0.25, 0.3) is 0 Å². The fourth-order valence-electron chi connectivity index (χ4n) is 3.44. The van der Waals surface area contributed by atoms with Gasteiger partial charge in [0, 0.05) is 26.2 Å². The lowest BCUT2D eigenvalue weighted by molar-refractivity contribution is -0.0376. The van der Waals surface area contributed by atoms with E-state index in [-0.39, 0.29) is 11.6 Å². The third-order valence-corrected chi connectivity index (χ3v) is 4.72. The standard InChI is InChI=1S/C19H26N2O2/c1-15-10-11-21(12-16-8-6-5-7-9-16)19(15)13-20(14-19)17(22)23-18(2,3)4/h5-9H,1,10-14H2,2-4H3. The molecule has 124 valence electrons. The van der Waals surface area contributed by atoms with Gasteiger partial charge in [0.05, 0.1) is 5.54 Å². The number of carbonyl (C=O) groups excluding carboxylic acids is 1. The van der Waals surface area contributed by atoms with Crippen molar-refractivity contribution in [2.24, 2.45) is 0 Å². The summed E-state index contributed by atoms with van der Waals surface area (Å²) in [6, 6.07) is 10.5. The molecule has 4 heteroatoms. The van der Waals surface area contributed by atoms with Crippen LogP contribution in [0.1, 0.15) is 32.8 Å².